The Morgan fingerprint density at radius 3 is 2.38 bits per heavy atom. The highest BCUT2D eigenvalue weighted by molar-refractivity contribution is 7.92. The van der Waals surface area contributed by atoms with Crippen LogP contribution in [-0.2, 0) is 24.3 Å². The highest BCUT2D eigenvalue weighted by atomic mass is 35.5. The molecule has 0 aliphatic carbocycles. The number of carbonyl (C=O) groups excluding carboxylic acids is 2. The standard InChI is InChI=1S/C19H20ClNO7S/c1-4-28-18(22)12-21(16-8-6-5-7-14(16)19(23)27-3)29(24,25)13-9-10-17(26-2)15(20)11-13/h5-11H,4,12H2,1-3H3. The molecule has 0 unspecified atom stereocenters. The van der Waals surface area contributed by atoms with E-state index in [1.807, 2.05) is 0 Å². The summed E-state index contributed by atoms with van der Waals surface area (Å²) >= 11 is 6.07. The maximum absolute atomic E-state index is 13.4. The molecule has 29 heavy (non-hydrogen) atoms. The molecule has 0 spiro atoms. The SMILES string of the molecule is CCOC(=O)CN(c1ccccc1C(=O)OC)S(=O)(=O)c1ccc(OC)c(Cl)c1. The predicted molar refractivity (Wildman–Crippen MR) is 107 cm³/mol. The van der Waals surface area contributed by atoms with Crippen LogP contribution in [0.2, 0.25) is 5.02 Å². The van der Waals surface area contributed by atoms with E-state index in [1.165, 1.54) is 50.6 Å². The lowest BCUT2D eigenvalue weighted by molar-refractivity contribution is -0.141. The second-order valence-electron chi connectivity index (χ2n) is 5.62. The highest BCUT2D eigenvalue weighted by Crippen LogP contribution is 2.32. The smallest absolute Gasteiger partial charge is 0.340 e. The van der Waals surface area contributed by atoms with Crippen molar-refractivity contribution < 1.29 is 32.2 Å². The maximum Gasteiger partial charge on any atom is 0.340 e. The summed E-state index contributed by atoms with van der Waals surface area (Å²) in [5, 5.41) is 0.0749. The predicted octanol–water partition coefficient (Wildman–Crippen LogP) is 2.89. The summed E-state index contributed by atoms with van der Waals surface area (Å²) in [5.41, 5.74) is -0.0539. The number of carbonyl (C=O) groups is 2. The Morgan fingerprint density at radius 1 is 1.10 bits per heavy atom. The van der Waals surface area contributed by atoms with Gasteiger partial charge in [-0.25, -0.2) is 13.2 Å². The summed E-state index contributed by atoms with van der Waals surface area (Å²) in [6.45, 7) is 1.02. The van der Waals surface area contributed by atoms with Crippen LogP contribution < -0.4 is 9.04 Å². The Hall–Kier alpha value is -2.78. The fourth-order valence-electron chi connectivity index (χ4n) is 2.53. The number of nitrogens with zero attached hydrogens (tertiary/aromatic N) is 1. The molecule has 2 rings (SSSR count). The van der Waals surface area contributed by atoms with E-state index in [2.05, 4.69) is 0 Å². The summed E-state index contributed by atoms with van der Waals surface area (Å²) in [6.07, 6.45) is 0. The maximum atomic E-state index is 13.4. The van der Waals surface area contributed by atoms with Crippen molar-refractivity contribution in [3.05, 3.63) is 53.1 Å². The van der Waals surface area contributed by atoms with Crippen molar-refractivity contribution in [2.75, 3.05) is 31.7 Å². The van der Waals surface area contributed by atoms with Gasteiger partial charge in [0.2, 0.25) is 0 Å². The van der Waals surface area contributed by atoms with Gasteiger partial charge in [0.05, 0.1) is 42.0 Å². The minimum absolute atomic E-state index is 0.0255. The third kappa shape index (κ3) is 4.99. The third-order valence-corrected chi connectivity index (χ3v) is 5.92. The molecule has 0 amide bonds. The summed E-state index contributed by atoms with van der Waals surface area (Å²) < 4.78 is 42.2. The zero-order valence-electron chi connectivity index (χ0n) is 16.0. The van der Waals surface area contributed by atoms with E-state index in [0.717, 1.165) is 4.31 Å². The number of para-hydroxylation sites is 1. The zero-order chi connectivity index (χ0) is 21.6. The van der Waals surface area contributed by atoms with E-state index >= 15 is 0 Å². The van der Waals surface area contributed by atoms with E-state index in [4.69, 9.17) is 25.8 Å². The normalized spacial score (nSPS) is 10.9. The molecule has 0 aromatic heterocycles. The quantitative estimate of drug-likeness (QED) is 0.580. The van der Waals surface area contributed by atoms with E-state index in [1.54, 1.807) is 13.0 Å². The van der Waals surface area contributed by atoms with Crippen LogP contribution in [0.15, 0.2) is 47.4 Å². The molecule has 0 bridgehead atoms. The lowest BCUT2D eigenvalue weighted by atomic mass is 10.2. The Labute approximate surface area is 174 Å². The van der Waals surface area contributed by atoms with Gasteiger partial charge in [-0.15, -0.1) is 0 Å². The molecule has 10 heteroatoms. The summed E-state index contributed by atoms with van der Waals surface area (Å²) in [7, 11) is -1.72. The number of hydrogen-bond donors (Lipinski definition) is 0. The van der Waals surface area contributed by atoms with Crippen molar-refractivity contribution in [1.29, 1.82) is 0 Å². The van der Waals surface area contributed by atoms with Gasteiger partial charge in [0, 0.05) is 0 Å². The molecule has 156 valence electrons. The molecule has 2 aromatic rings. The lowest BCUT2D eigenvalue weighted by Gasteiger charge is -2.25. The number of rotatable bonds is 8. The second kappa shape index (κ2) is 9.62. The Kier molecular flexibility index (Phi) is 7.46. The van der Waals surface area contributed by atoms with Crippen LogP contribution in [0.25, 0.3) is 0 Å². The molecule has 8 nitrogen and oxygen atoms in total. The molecular formula is C19H20ClNO7S. The van der Waals surface area contributed by atoms with Crippen molar-refractivity contribution in [1.82, 2.24) is 0 Å². The Bertz CT molecular complexity index is 1010. The molecule has 0 fully saturated rings. The first-order valence-electron chi connectivity index (χ1n) is 8.45. The minimum Gasteiger partial charge on any atom is -0.495 e. The molecular weight excluding hydrogens is 422 g/mol. The lowest BCUT2D eigenvalue weighted by Crippen LogP contribution is -2.37. The van der Waals surface area contributed by atoms with E-state index in [9.17, 15) is 18.0 Å². The van der Waals surface area contributed by atoms with Gasteiger partial charge >= 0.3 is 11.9 Å². The van der Waals surface area contributed by atoms with Crippen LogP contribution in [-0.4, -0.2) is 47.7 Å². The van der Waals surface area contributed by atoms with E-state index in [0.29, 0.717) is 0 Å². The largest absolute Gasteiger partial charge is 0.495 e. The van der Waals surface area contributed by atoms with Crippen molar-refractivity contribution in [3.63, 3.8) is 0 Å². The van der Waals surface area contributed by atoms with Crippen LogP contribution in [0.1, 0.15) is 17.3 Å². The van der Waals surface area contributed by atoms with Crippen molar-refractivity contribution in [2.45, 2.75) is 11.8 Å². The monoisotopic (exact) mass is 441 g/mol. The van der Waals surface area contributed by atoms with Crippen LogP contribution in [0.4, 0.5) is 5.69 Å². The van der Waals surface area contributed by atoms with Gasteiger partial charge in [-0.1, -0.05) is 23.7 Å². The first-order valence-corrected chi connectivity index (χ1v) is 10.3. The number of anilines is 1. The van der Waals surface area contributed by atoms with Gasteiger partial charge in [-0.05, 0) is 37.3 Å². The number of methoxy groups -OCH3 is 2. The number of benzene rings is 2. The average Bonchev–Trinajstić information content (AvgIpc) is 2.71. The van der Waals surface area contributed by atoms with Crippen LogP contribution in [0.5, 0.6) is 5.75 Å². The summed E-state index contributed by atoms with van der Waals surface area (Å²) in [6, 6.07) is 9.77. The van der Waals surface area contributed by atoms with E-state index < -0.39 is 28.5 Å². The molecule has 0 atom stereocenters. The van der Waals surface area contributed by atoms with Gasteiger partial charge in [0.25, 0.3) is 10.0 Å². The fourth-order valence-corrected chi connectivity index (χ4v) is 4.31. The van der Waals surface area contributed by atoms with E-state index in [-0.39, 0.29) is 33.5 Å². The number of sulfonamides is 1. The Morgan fingerprint density at radius 2 is 1.79 bits per heavy atom. The number of ether oxygens (including phenoxy) is 3. The molecule has 0 N–H and O–H groups in total. The molecule has 0 heterocycles. The molecule has 0 aliphatic heterocycles. The van der Waals surface area contributed by atoms with Crippen molar-refractivity contribution in [3.8, 4) is 5.75 Å². The van der Waals surface area contributed by atoms with Gasteiger partial charge in [-0.3, -0.25) is 9.10 Å². The Balaban J connectivity index is 2.64. The van der Waals surface area contributed by atoms with Crippen molar-refractivity contribution in [2.24, 2.45) is 0 Å². The molecule has 0 radical (unpaired) electrons. The van der Waals surface area contributed by atoms with Gasteiger partial charge in [0.15, 0.2) is 0 Å². The number of esters is 2. The fraction of sp³-hybridized carbons (Fsp3) is 0.263. The summed E-state index contributed by atoms with van der Waals surface area (Å²) in [5.74, 6) is -1.25. The highest BCUT2D eigenvalue weighted by Gasteiger charge is 2.31. The number of halogens is 1. The van der Waals surface area contributed by atoms with Gasteiger partial charge in [-0.2, -0.15) is 0 Å². The van der Waals surface area contributed by atoms with Crippen LogP contribution in [0, 0.1) is 0 Å². The summed E-state index contributed by atoms with van der Waals surface area (Å²) in [4.78, 5) is 24.1. The first-order chi connectivity index (χ1) is 13.8. The average molecular weight is 442 g/mol. The van der Waals surface area contributed by atoms with Gasteiger partial charge < -0.3 is 14.2 Å². The van der Waals surface area contributed by atoms with Crippen LogP contribution in [0.3, 0.4) is 0 Å². The minimum atomic E-state index is -4.29. The molecule has 0 aliphatic rings. The third-order valence-electron chi connectivity index (χ3n) is 3.87. The van der Waals surface area contributed by atoms with Crippen LogP contribution >= 0.6 is 11.6 Å². The molecule has 0 saturated heterocycles. The molecule has 0 saturated carbocycles. The topological polar surface area (TPSA) is 99.2 Å². The van der Waals surface area contributed by atoms with Gasteiger partial charge in [0.1, 0.15) is 12.3 Å². The second-order valence-corrected chi connectivity index (χ2v) is 7.89. The number of hydrogen-bond acceptors (Lipinski definition) is 7. The first kappa shape index (κ1) is 22.5. The van der Waals surface area contributed by atoms with Crippen molar-refractivity contribution >= 4 is 39.3 Å². The molecule has 2 aromatic carbocycles. The zero-order valence-corrected chi connectivity index (χ0v) is 17.6.